The Balaban J connectivity index is 1.65. The molecule has 0 radical (unpaired) electrons. The van der Waals surface area contributed by atoms with Gasteiger partial charge in [-0.3, -0.25) is 9.59 Å². The van der Waals surface area contributed by atoms with Gasteiger partial charge >= 0.3 is 5.97 Å². The molecule has 0 aliphatic heterocycles. The number of ether oxygens (including phenoxy) is 1. The summed E-state index contributed by atoms with van der Waals surface area (Å²) in [4.78, 5) is 22.4. The molecule has 1 amide bonds. The molecule has 1 aliphatic carbocycles. The normalized spacial score (nSPS) is 13.9. The van der Waals surface area contributed by atoms with E-state index in [1.807, 2.05) is 36.4 Å². The highest BCUT2D eigenvalue weighted by atomic mass is 16.5. The largest absolute Gasteiger partial charge is 0.493 e. The minimum absolute atomic E-state index is 0.0943. The Bertz CT molecular complexity index is 1130. The number of benzene rings is 3. The van der Waals surface area contributed by atoms with Crippen LogP contribution in [0.1, 0.15) is 44.6 Å². The fraction of sp³-hybridized carbons (Fsp3) is 0.333. The number of carbonyl (C=O) groups excluding carboxylic acids is 1. The zero-order valence-electron chi connectivity index (χ0n) is 18.4. The van der Waals surface area contributed by atoms with Crippen molar-refractivity contribution in [3.05, 3.63) is 60.2 Å². The van der Waals surface area contributed by atoms with Crippen LogP contribution in [0.4, 0.5) is 5.69 Å². The van der Waals surface area contributed by atoms with Gasteiger partial charge < -0.3 is 15.2 Å². The molecular weight excluding hydrogens is 402 g/mol. The van der Waals surface area contributed by atoms with Gasteiger partial charge in [0.15, 0.2) is 0 Å². The van der Waals surface area contributed by atoms with E-state index < -0.39 is 5.97 Å². The van der Waals surface area contributed by atoms with E-state index in [4.69, 9.17) is 9.84 Å². The van der Waals surface area contributed by atoms with E-state index in [-0.39, 0.29) is 12.3 Å². The van der Waals surface area contributed by atoms with Gasteiger partial charge in [-0.2, -0.15) is 0 Å². The van der Waals surface area contributed by atoms with Crippen molar-refractivity contribution in [2.24, 2.45) is 5.92 Å². The molecule has 0 heterocycles. The molecule has 166 valence electrons. The van der Waals surface area contributed by atoms with Crippen molar-refractivity contribution in [2.75, 3.05) is 11.9 Å². The van der Waals surface area contributed by atoms with Crippen LogP contribution in [0.15, 0.2) is 54.6 Å². The van der Waals surface area contributed by atoms with Gasteiger partial charge in [0.1, 0.15) is 5.75 Å². The third-order valence-electron chi connectivity index (χ3n) is 6.09. The second-order valence-electron chi connectivity index (χ2n) is 8.64. The Morgan fingerprint density at radius 3 is 2.50 bits per heavy atom. The van der Waals surface area contributed by atoms with E-state index in [0.717, 1.165) is 45.5 Å². The summed E-state index contributed by atoms with van der Waals surface area (Å²) in [5.41, 5.74) is 3.77. The monoisotopic (exact) mass is 431 g/mol. The first-order valence-corrected chi connectivity index (χ1v) is 11.3. The Hall–Kier alpha value is -3.34. The minimum atomic E-state index is -0.797. The molecular formula is C27H29NO4. The van der Waals surface area contributed by atoms with Crippen molar-refractivity contribution < 1.29 is 19.4 Å². The summed E-state index contributed by atoms with van der Waals surface area (Å²) in [5.74, 6) is 0.556. The lowest BCUT2D eigenvalue weighted by molar-refractivity contribution is -0.137. The molecule has 5 heteroatoms. The zero-order valence-corrected chi connectivity index (χ0v) is 18.4. The summed E-state index contributed by atoms with van der Waals surface area (Å²) in [6.45, 7) is 2.22. The van der Waals surface area contributed by atoms with Crippen molar-refractivity contribution in [2.45, 2.75) is 45.4 Å². The number of anilines is 1. The summed E-state index contributed by atoms with van der Waals surface area (Å²) in [7, 11) is 0. The first kappa shape index (κ1) is 21.9. The average molecular weight is 432 g/mol. The molecule has 3 aromatic carbocycles. The predicted octanol–water partition coefficient (Wildman–Crippen LogP) is 6.05. The van der Waals surface area contributed by atoms with E-state index in [1.54, 1.807) is 0 Å². The van der Waals surface area contributed by atoms with Crippen molar-refractivity contribution >= 4 is 28.3 Å². The molecule has 32 heavy (non-hydrogen) atoms. The van der Waals surface area contributed by atoms with Crippen LogP contribution in [0.3, 0.4) is 0 Å². The number of hydrogen-bond donors (Lipinski definition) is 2. The molecule has 0 saturated heterocycles. The number of carboxylic acids is 1. The van der Waals surface area contributed by atoms with Gasteiger partial charge in [0, 0.05) is 24.6 Å². The van der Waals surface area contributed by atoms with Gasteiger partial charge in [-0.05, 0) is 77.4 Å². The molecule has 0 atom stereocenters. The number of fused-ring (bicyclic) bond motifs is 1. The molecule has 3 aromatic rings. The maximum Gasteiger partial charge on any atom is 0.303 e. The summed E-state index contributed by atoms with van der Waals surface area (Å²) in [6.07, 6.45) is 5.59. The van der Waals surface area contributed by atoms with Gasteiger partial charge in [0.05, 0.1) is 6.61 Å². The van der Waals surface area contributed by atoms with Crippen LogP contribution in [-0.4, -0.2) is 23.6 Å². The van der Waals surface area contributed by atoms with E-state index in [2.05, 4.69) is 23.5 Å². The number of amides is 1. The molecule has 4 rings (SSSR count). The van der Waals surface area contributed by atoms with Gasteiger partial charge in [-0.1, -0.05) is 37.1 Å². The summed E-state index contributed by atoms with van der Waals surface area (Å²) in [5, 5.41) is 14.0. The molecule has 0 aromatic heterocycles. The molecule has 1 fully saturated rings. The van der Waals surface area contributed by atoms with Crippen LogP contribution in [0, 0.1) is 5.92 Å². The van der Waals surface area contributed by atoms with E-state index in [9.17, 15) is 9.59 Å². The zero-order chi connectivity index (χ0) is 22.5. The van der Waals surface area contributed by atoms with E-state index >= 15 is 0 Å². The maximum atomic E-state index is 11.3. The van der Waals surface area contributed by atoms with Crippen LogP contribution in [0.25, 0.3) is 21.9 Å². The Morgan fingerprint density at radius 1 is 1.00 bits per heavy atom. The highest BCUT2D eigenvalue weighted by Crippen LogP contribution is 2.35. The quantitative estimate of drug-likeness (QED) is 0.455. The molecule has 1 aliphatic rings. The number of nitrogens with one attached hydrogen (secondary N) is 1. The van der Waals surface area contributed by atoms with Gasteiger partial charge in [-0.25, -0.2) is 0 Å². The number of rotatable bonds is 8. The van der Waals surface area contributed by atoms with Crippen LogP contribution < -0.4 is 10.1 Å². The Labute approximate surface area is 188 Å². The molecule has 5 nitrogen and oxygen atoms in total. The van der Waals surface area contributed by atoms with Crippen LogP contribution in [0.2, 0.25) is 0 Å². The number of hydrogen-bond acceptors (Lipinski definition) is 3. The fourth-order valence-corrected chi connectivity index (χ4v) is 4.41. The fourth-order valence-electron chi connectivity index (χ4n) is 4.41. The predicted molar refractivity (Wildman–Crippen MR) is 127 cm³/mol. The van der Waals surface area contributed by atoms with Crippen molar-refractivity contribution in [3.63, 3.8) is 0 Å². The van der Waals surface area contributed by atoms with Gasteiger partial charge in [-0.15, -0.1) is 0 Å². The number of aliphatic carboxylic acids is 1. The molecule has 0 unspecified atom stereocenters. The van der Waals surface area contributed by atoms with Crippen molar-refractivity contribution in [3.8, 4) is 16.9 Å². The molecule has 1 saturated carbocycles. The summed E-state index contributed by atoms with van der Waals surface area (Å²) < 4.78 is 6.27. The van der Waals surface area contributed by atoms with Crippen molar-refractivity contribution in [1.82, 2.24) is 0 Å². The van der Waals surface area contributed by atoms with Crippen LogP contribution in [0.5, 0.6) is 5.75 Å². The summed E-state index contributed by atoms with van der Waals surface area (Å²) in [6, 6.07) is 18.1. The minimum Gasteiger partial charge on any atom is -0.493 e. The van der Waals surface area contributed by atoms with E-state index in [0.29, 0.717) is 12.3 Å². The number of aryl methyl sites for hydroxylation is 1. The smallest absolute Gasteiger partial charge is 0.303 e. The van der Waals surface area contributed by atoms with Crippen molar-refractivity contribution in [1.29, 1.82) is 0 Å². The highest BCUT2D eigenvalue weighted by Gasteiger charge is 2.17. The first-order chi connectivity index (χ1) is 15.5. The molecule has 0 bridgehead atoms. The lowest BCUT2D eigenvalue weighted by Gasteiger charge is -2.17. The standard InChI is InChI=1S/C27H29NO4/c1-18(29)28-24-11-10-21-15-23(9-8-22(21)16-24)25-14-19(7-13-27(30)31)6-12-26(25)32-17-20-4-2-3-5-20/h6,8-12,14-16,20H,2-5,7,13,17H2,1H3,(H,28,29)(H,30,31). The Kier molecular flexibility index (Phi) is 6.74. The highest BCUT2D eigenvalue weighted by molar-refractivity contribution is 5.95. The van der Waals surface area contributed by atoms with Gasteiger partial charge in [0.2, 0.25) is 5.91 Å². The topological polar surface area (TPSA) is 75.6 Å². The number of carboxylic acid groups (broad SMARTS) is 1. The lowest BCUT2D eigenvalue weighted by Crippen LogP contribution is -2.09. The maximum absolute atomic E-state index is 11.3. The number of carbonyl (C=O) groups is 2. The average Bonchev–Trinajstić information content (AvgIpc) is 3.29. The second-order valence-corrected chi connectivity index (χ2v) is 8.64. The molecule has 0 spiro atoms. The third kappa shape index (κ3) is 5.47. The Morgan fingerprint density at radius 2 is 1.75 bits per heavy atom. The first-order valence-electron chi connectivity index (χ1n) is 11.3. The van der Waals surface area contributed by atoms with Crippen LogP contribution >= 0.6 is 0 Å². The lowest BCUT2D eigenvalue weighted by atomic mass is 9.97. The van der Waals surface area contributed by atoms with Crippen LogP contribution in [-0.2, 0) is 16.0 Å². The van der Waals surface area contributed by atoms with Gasteiger partial charge in [0.25, 0.3) is 0 Å². The third-order valence-corrected chi connectivity index (χ3v) is 6.09. The molecule has 2 N–H and O–H groups in total. The summed E-state index contributed by atoms with van der Waals surface area (Å²) >= 11 is 0. The SMILES string of the molecule is CC(=O)Nc1ccc2cc(-c3cc(CCC(=O)O)ccc3OCC3CCCC3)ccc2c1. The van der Waals surface area contributed by atoms with E-state index in [1.165, 1.54) is 32.6 Å². The second kappa shape index (κ2) is 9.86.